The SMILES string of the molecule is COC(=O)[C@H]1CC(=O)N2CC[C@@H](OC(=O)c3ccccc3)[C@H]12. The molecule has 1 aromatic carbocycles. The molecule has 0 aliphatic carbocycles. The third kappa shape index (κ3) is 2.45. The highest BCUT2D eigenvalue weighted by atomic mass is 16.5. The van der Waals surface area contributed by atoms with Crippen LogP contribution in [0.5, 0.6) is 0 Å². The number of carbonyl (C=O) groups excluding carboxylic acids is 3. The van der Waals surface area contributed by atoms with E-state index in [1.165, 1.54) is 7.11 Å². The number of methoxy groups -OCH3 is 1. The summed E-state index contributed by atoms with van der Waals surface area (Å²) in [5, 5.41) is 0. The van der Waals surface area contributed by atoms with Gasteiger partial charge in [-0.05, 0) is 12.1 Å². The number of rotatable bonds is 3. The van der Waals surface area contributed by atoms with Crippen LogP contribution in [0.3, 0.4) is 0 Å². The Balaban J connectivity index is 1.76. The summed E-state index contributed by atoms with van der Waals surface area (Å²) >= 11 is 0. The lowest BCUT2D eigenvalue weighted by molar-refractivity contribution is -0.147. The van der Waals surface area contributed by atoms with Gasteiger partial charge in [0.05, 0.1) is 24.6 Å². The number of esters is 2. The van der Waals surface area contributed by atoms with Gasteiger partial charge in [-0.1, -0.05) is 18.2 Å². The first-order valence-corrected chi connectivity index (χ1v) is 7.25. The molecule has 2 heterocycles. The first kappa shape index (κ1) is 14.6. The van der Waals surface area contributed by atoms with E-state index in [0.717, 1.165) is 0 Å². The lowest BCUT2D eigenvalue weighted by atomic mass is 9.96. The molecular weight excluding hydrogens is 286 g/mol. The van der Waals surface area contributed by atoms with E-state index < -0.39 is 30.0 Å². The van der Waals surface area contributed by atoms with Crippen molar-refractivity contribution in [1.29, 1.82) is 0 Å². The van der Waals surface area contributed by atoms with Gasteiger partial charge in [0.25, 0.3) is 0 Å². The third-order valence-corrected chi connectivity index (χ3v) is 4.29. The van der Waals surface area contributed by atoms with Gasteiger partial charge in [0.1, 0.15) is 6.10 Å². The lowest BCUT2D eigenvalue weighted by Gasteiger charge is -2.24. The predicted octanol–water partition coefficient (Wildman–Crippen LogP) is 1.01. The summed E-state index contributed by atoms with van der Waals surface area (Å²) in [6.07, 6.45) is 0.197. The quantitative estimate of drug-likeness (QED) is 0.779. The molecule has 1 amide bonds. The van der Waals surface area contributed by atoms with Gasteiger partial charge < -0.3 is 14.4 Å². The number of benzene rings is 1. The van der Waals surface area contributed by atoms with Crippen LogP contribution >= 0.6 is 0 Å². The zero-order chi connectivity index (χ0) is 15.7. The summed E-state index contributed by atoms with van der Waals surface area (Å²) in [6, 6.07) is 8.27. The fraction of sp³-hybridized carbons (Fsp3) is 0.438. The van der Waals surface area contributed by atoms with Gasteiger partial charge in [0.2, 0.25) is 5.91 Å². The number of hydrogen-bond donors (Lipinski definition) is 0. The molecule has 0 spiro atoms. The highest BCUT2D eigenvalue weighted by Crippen LogP contribution is 2.36. The maximum absolute atomic E-state index is 12.2. The summed E-state index contributed by atoms with van der Waals surface area (Å²) in [7, 11) is 1.30. The Hall–Kier alpha value is -2.37. The van der Waals surface area contributed by atoms with Gasteiger partial charge in [0, 0.05) is 19.4 Å². The van der Waals surface area contributed by atoms with Crippen LogP contribution in [-0.2, 0) is 19.1 Å². The van der Waals surface area contributed by atoms with Crippen LogP contribution in [0.25, 0.3) is 0 Å². The van der Waals surface area contributed by atoms with Crippen LogP contribution in [0.1, 0.15) is 23.2 Å². The van der Waals surface area contributed by atoms with Crippen molar-refractivity contribution in [1.82, 2.24) is 4.90 Å². The first-order valence-electron chi connectivity index (χ1n) is 7.25. The summed E-state index contributed by atoms with van der Waals surface area (Å²) in [5.41, 5.74) is 0.458. The van der Waals surface area contributed by atoms with Crippen molar-refractivity contribution >= 4 is 17.8 Å². The average molecular weight is 303 g/mol. The predicted molar refractivity (Wildman–Crippen MR) is 75.9 cm³/mol. The molecule has 2 saturated heterocycles. The molecular formula is C16H17NO5. The Morgan fingerprint density at radius 2 is 1.95 bits per heavy atom. The smallest absolute Gasteiger partial charge is 0.338 e. The average Bonchev–Trinajstić information content (AvgIpc) is 3.09. The molecule has 0 radical (unpaired) electrons. The summed E-state index contributed by atoms with van der Waals surface area (Å²) in [5.74, 6) is -1.51. The molecule has 2 aliphatic rings. The zero-order valence-electron chi connectivity index (χ0n) is 12.2. The number of nitrogens with zero attached hydrogens (tertiary/aromatic N) is 1. The third-order valence-electron chi connectivity index (χ3n) is 4.29. The summed E-state index contributed by atoms with van der Waals surface area (Å²) < 4.78 is 10.3. The minimum Gasteiger partial charge on any atom is -0.469 e. The maximum Gasteiger partial charge on any atom is 0.338 e. The monoisotopic (exact) mass is 303 g/mol. The van der Waals surface area contributed by atoms with E-state index >= 15 is 0 Å². The van der Waals surface area contributed by atoms with Crippen molar-refractivity contribution < 1.29 is 23.9 Å². The van der Waals surface area contributed by atoms with Crippen molar-refractivity contribution in [3.8, 4) is 0 Å². The van der Waals surface area contributed by atoms with Gasteiger partial charge in [0.15, 0.2) is 0 Å². The van der Waals surface area contributed by atoms with Gasteiger partial charge in [-0.2, -0.15) is 0 Å². The fourth-order valence-electron chi connectivity index (χ4n) is 3.26. The molecule has 0 unspecified atom stereocenters. The van der Waals surface area contributed by atoms with Gasteiger partial charge >= 0.3 is 11.9 Å². The van der Waals surface area contributed by atoms with Crippen LogP contribution in [0.2, 0.25) is 0 Å². The van der Waals surface area contributed by atoms with E-state index in [4.69, 9.17) is 9.47 Å². The Kier molecular flexibility index (Phi) is 3.83. The van der Waals surface area contributed by atoms with Crippen LogP contribution < -0.4 is 0 Å². The highest BCUT2D eigenvalue weighted by molar-refractivity contribution is 5.90. The molecule has 116 valence electrons. The molecule has 0 N–H and O–H groups in total. The van der Waals surface area contributed by atoms with Crippen molar-refractivity contribution in [2.24, 2.45) is 5.92 Å². The number of ether oxygens (including phenoxy) is 2. The van der Waals surface area contributed by atoms with Gasteiger partial charge in [-0.25, -0.2) is 4.79 Å². The summed E-state index contributed by atoms with van der Waals surface area (Å²) in [4.78, 5) is 37.6. The Bertz CT molecular complexity index is 600. The molecule has 0 aromatic heterocycles. The standard InChI is InChI=1S/C16H17NO5/c1-21-16(20)11-9-13(18)17-8-7-12(14(11)17)22-15(19)10-5-3-2-4-6-10/h2-6,11-12,14H,7-9H2,1H3/t11-,12+,14-/m0/s1. The number of hydrogen-bond acceptors (Lipinski definition) is 5. The Morgan fingerprint density at radius 1 is 1.23 bits per heavy atom. The van der Waals surface area contributed by atoms with Gasteiger partial charge in [-0.3, -0.25) is 9.59 Å². The van der Waals surface area contributed by atoms with Crippen LogP contribution in [0.15, 0.2) is 30.3 Å². The molecule has 3 atom stereocenters. The van der Waals surface area contributed by atoms with Crippen LogP contribution in [0.4, 0.5) is 0 Å². The van der Waals surface area contributed by atoms with Crippen molar-refractivity contribution in [2.75, 3.05) is 13.7 Å². The first-order chi connectivity index (χ1) is 10.6. The van der Waals surface area contributed by atoms with Crippen molar-refractivity contribution in [2.45, 2.75) is 25.0 Å². The molecule has 2 aliphatic heterocycles. The maximum atomic E-state index is 12.2. The lowest BCUT2D eigenvalue weighted by Crippen LogP contribution is -2.40. The van der Waals surface area contributed by atoms with E-state index in [2.05, 4.69) is 0 Å². The molecule has 6 nitrogen and oxygen atoms in total. The molecule has 0 saturated carbocycles. The van der Waals surface area contributed by atoms with Crippen LogP contribution in [-0.4, -0.2) is 48.5 Å². The van der Waals surface area contributed by atoms with Crippen molar-refractivity contribution in [3.63, 3.8) is 0 Å². The topological polar surface area (TPSA) is 72.9 Å². The second-order valence-corrected chi connectivity index (χ2v) is 5.51. The highest BCUT2D eigenvalue weighted by Gasteiger charge is 2.52. The number of fused-ring (bicyclic) bond motifs is 1. The molecule has 6 heteroatoms. The van der Waals surface area contributed by atoms with Gasteiger partial charge in [-0.15, -0.1) is 0 Å². The molecule has 1 aromatic rings. The van der Waals surface area contributed by atoms with E-state index in [1.807, 2.05) is 6.07 Å². The molecule has 3 rings (SSSR count). The minimum atomic E-state index is -0.562. The number of amides is 1. The van der Waals surface area contributed by atoms with E-state index in [-0.39, 0.29) is 12.3 Å². The van der Waals surface area contributed by atoms with Crippen LogP contribution in [0, 0.1) is 5.92 Å². The van der Waals surface area contributed by atoms with E-state index in [1.54, 1.807) is 29.2 Å². The normalized spacial score (nSPS) is 26.7. The molecule has 0 bridgehead atoms. The second-order valence-electron chi connectivity index (χ2n) is 5.51. The van der Waals surface area contributed by atoms with E-state index in [0.29, 0.717) is 18.5 Å². The van der Waals surface area contributed by atoms with E-state index in [9.17, 15) is 14.4 Å². The largest absolute Gasteiger partial charge is 0.469 e. The Labute approximate surface area is 128 Å². The number of carbonyl (C=O) groups is 3. The molecule has 22 heavy (non-hydrogen) atoms. The summed E-state index contributed by atoms with van der Waals surface area (Å²) in [6.45, 7) is 0.504. The fourth-order valence-corrected chi connectivity index (χ4v) is 3.26. The van der Waals surface area contributed by atoms with Crippen molar-refractivity contribution in [3.05, 3.63) is 35.9 Å². The minimum absolute atomic E-state index is 0.0846. The molecule has 2 fully saturated rings. The Morgan fingerprint density at radius 3 is 2.64 bits per heavy atom. The second kappa shape index (κ2) is 5.79. The zero-order valence-corrected chi connectivity index (χ0v) is 12.2.